The summed E-state index contributed by atoms with van der Waals surface area (Å²) in [6.45, 7) is 8.49. The number of nitrogens with zero attached hydrogens (tertiary/aromatic N) is 1. The molecule has 3 amide bonds. The summed E-state index contributed by atoms with van der Waals surface area (Å²) < 4.78 is 4.75. The monoisotopic (exact) mass is 587 g/mol. The summed E-state index contributed by atoms with van der Waals surface area (Å²) in [5.41, 5.74) is 2.91. The van der Waals surface area contributed by atoms with Crippen LogP contribution in [0.2, 0.25) is 0 Å². The summed E-state index contributed by atoms with van der Waals surface area (Å²) in [6, 6.07) is 15.4. The lowest BCUT2D eigenvalue weighted by Crippen LogP contribution is -2.58. The summed E-state index contributed by atoms with van der Waals surface area (Å²) in [7, 11) is 0. The zero-order chi connectivity index (χ0) is 29.1. The largest absolute Gasteiger partial charge is 0.450 e. The van der Waals surface area contributed by atoms with Gasteiger partial charge in [0.25, 0.3) is 5.91 Å². The Morgan fingerprint density at radius 1 is 1.15 bits per heavy atom. The van der Waals surface area contributed by atoms with Crippen LogP contribution in [-0.2, 0) is 27.3 Å². The smallest absolute Gasteiger partial charge is 0.407 e. The van der Waals surface area contributed by atoms with Gasteiger partial charge in [-0.3, -0.25) is 9.59 Å². The number of carbonyl (C=O) groups excluding carboxylic acids is 3. The topological polar surface area (TPSA) is 108 Å². The van der Waals surface area contributed by atoms with Gasteiger partial charge in [-0.2, -0.15) is 11.8 Å². The molecule has 1 aliphatic heterocycles. The fourth-order valence-electron chi connectivity index (χ4n) is 4.62. The maximum absolute atomic E-state index is 13.7. The second kappa shape index (κ2) is 15.3. The van der Waals surface area contributed by atoms with Gasteiger partial charge in [-0.25, -0.2) is 4.79 Å². The summed E-state index contributed by atoms with van der Waals surface area (Å²) in [5.74, 6) is 1.25. The van der Waals surface area contributed by atoms with Crippen molar-refractivity contribution in [1.29, 1.82) is 0 Å². The summed E-state index contributed by atoms with van der Waals surface area (Å²) in [4.78, 5) is 41.2. The number of thioether (sulfide) groups is 2. The van der Waals surface area contributed by atoms with Crippen LogP contribution in [0.1, 0.15) is 43.9 Å². The van der Waals surface area contributed by atoms with E-state index < -0.39 is 34.9 Å². The molecule has 3 atom stereocenters. The Labute approximate surface area is 246 Å². The van der Waals surface area contributed by atoms with Gasteiger partial charge in [0.15, 0.2) is 6.10 Å². The molecule has 2 aromatic rings. The molecule has 3 unspecified atom stereocenters. The number of hydrogen-bond donors (Lipinski definition) is 3. The highest BCUT2D eigenvalue weighted by molar-refractivity contribution is 8.00. The first-order valence-electron chi connectivity index (χ1n) is 13.6. The van der Waals surface area contributed by atoms with Crippen molar-refractivity contribution in [3.63, 3.8) is 0 Å². The Kier molecular flexibility index (Phi) is 12.2. The van der Waals surface area contributed by atoms with Crippen LogP contribution >= 0.6 is 23.5 Å². The van der Waals surface area contributed by atoms with Crippen LogP contribution < -0.4 is 10.6 Å². The minimum Gasteiger partial charge on any atom is -0.450 e. The summed E-state index contributed by atoms with van der Waals surface area (Å²) >= 11 is 3.25. The van der Waals surface area contributed by atoms with E-state index in [0.717, 1.165) is 34.6 Å². The first-order valence-corrected chi connectivity index (χ1v) is 15.8. The first kappa shape index (κ1) is 31.8. The molecular formula is C30H41N3O5S2. The molecule has 1 fully saturated rings. The van der Waals surface area contributed by atoms with Gasteiger partial charge in [0.05, 0.1) is 18.5 Å². The van der Waals surface area contributed by atoms with Crippen molar-refractivity contribution in [1.82, 2.24) is 15.5 Å². The van der Waals surface area contributed by atoms with Crippen molar-refractivity contribution in [3.05, 3.63) is 71.3 Å². The predicted molar refractivity (Wildman–Crippen MR) is 162 cm³/mol. The zero-order valence-electron chi connectivity index (χ0n) is 23.7. The molecule has 0 radical (unpaired) electrons. The molecule has 3 N–H and O–H groups in total. The van der Waals surface area contributed by atoms with E-state index in [-0.39, 0.29) is 24.8 Å². The number of rotatable bonds is 13. The van der Waals surface area contributed by atoms with Crippen LogP contribution in [0, 0.1) is 6.92 Å². The van der Waals surface area contributed by atoms with E-state index in [9.17, 15) is 19.5 Å². The molecule has 1 heterocycles. The fourth-order valence-corrected chi connectivity index (χ4v) is 6.37. The third-order valence-corrected chi connectivity index (χ3v) is 9.26. The Morgan fingerprint density at radius 3 is 2.55 bits per heavy atom. The van der Waals surface area contributed by atoms with Crippen molar-refractivity contribution in [2.24, 2.45) is 0 Å². The van der Waals surface area contributed by atoms with Gasteiger partial charge >= 0.3 is 6.09 Å². The number of benzene rings is 2. The number of ether oxygens (including phenoxy) is 1. The predicted octanol–water partition coefficient (Wildman–Crippen LogP) is 4.13. The molecule has 1 aliphatic rings. The highest BCUT2D eigenvalue weighted by atomic mass is 32.2. The molecule has 1 saturated heterocycles. The summed E-state index contributed by atoms with van der Waals surface area (Å²) in [6.07, 6.45) is -1.30. The van der Waals surface area contributed by atoms with E-state index in [4.69, 9.17) is 4.74 Å². The fraction of sp³-hybridized carbons (Fsp3) is 0.500. The van der Waals surface area contributed by atoms with Gasteiger partial charge in [0, 0.05) is 11.3 Å². The highest BCUT2D eigenvalue weighted by Crippen LogP contribution is 2.40. The van der Waals surface area contributed by atoms with Crippen LogP contribution in [0.3, 0.4) is 0 Å². The number of carbonyl (C=O) groups is 3. The second-order valence-electron chi connectivity index (χ2n) is 10.3. The third-order valence-electron chi connectivity index (χ3n) is 6.90. The molecule has 0 saturated carbocycles. The molecule has 0 spiro atoms. The maximum atomic E-state index is 13.7. The van der Waals surface area contributed by atoms with Gasteiger partial charge in [-0.05, 0) is 61.8 Å². The van der Waals surface area contributed by atoms with Crippen molar-refractivity contribution in [3.8, 4) is 0 Å². The van der Waals surface area contributed by atoms with E-state index in [1.54, 1.807) is 11.8 Å². The van der Waals surface area contributed by atoms with E-state index in [1.807, 2.05) is 75.4 Å². The van der Waals surface area contributed by atoms with E-state index in [2.05, 4.69) is 17.6 Å². The molecule has 3 rings (SSSR count). The molecule has 218 valence electrons. The SMILES string of the molecule is CCSCCCOC(=O)NC(Cc1ccccc1)C(O)C(=O)N1CSC(C)(C)C1C(=O)NCc1ccccc1C. The Bertz CT molecular complexity index is 1130. The maximum Gasteiger partial charge on any atom is 0.407 e. The van der Waals surface area contributed by atoms with Gasteiger partial charge in [-0.1, -0.05) is 61.5 Å². The normalized spacial score (nSPS) is 17.6. The molecular weight excluding hydrogens is 546 g/mol. The molecule has 10 heteroatoms. The van der Waals surface area contributed by atoms with Crippen LogP contribution in [-0.4, -0.2) is 74.8 Å². The van der Waals surface area contributed by atoms with Crippen LogP contribution in [0.5, 0.6) is 0 Å². The molecule has 0 bridgehead atoms. The third kappa shape index (κ3) is 8.91. The molecule has 2 aromatic carbocycles. The van der Waals surface area contributed by atoms with E-state index in [0.29, 0.717) is 6.54 Å². The molecule has 0 aromatic heterocycles. The Balaban J connectivity index is 1.72. The minimum atomic E-state index is -1.57. The summed E-state index contributed by atoms with van der Waals surface area (Å²) in [5, 5.41) is 17.0. The van der Waals surface area contributed by atoms with Gasteiger partial charge in [-0.15, -0.1) is 11.8 Å². The van der Waals surface area contributed by atoms with Gasteiger partial charge in [0.1, 0.15) is 6.04 Å². The van der Waals surface area contributed by atoms with Gasteiger partial charge in [0.2, 0.25) is 5.91 Å². The van der Waals surface area contributed by atoms with Crippen molar-refractivity contribution in [2.45, 2.75) is 70.0 Å². The number of hydrogen-bond acceptors (Lipinski definition) is 7. The number of amides is 3. The number of nitrogens with one attached hydrogen (secondary N) is 2. The first-order chi connectivity index (χ1) is 19.1. The average Bonchev–Trinajstić information content (AvgIpc) is 3.26. The number of aryl methyl sites for hydroxylation is 1. The van der Waals surface area contributed by atoms with Crippen molar-refractivity contribution < 1.29 is 24.2 Å². The van der Waals surface area contributed by atoms with Gasteiger partial charge < -0.3 is 25.4 Å². The van der Waals surface area contributed by atoms with Crippen LogP contribution in [0.25, 0.3) is 0 Å². The minimum absolute atomic E-state index is 0.225. The average molecular weight is 588 g/mol. The standard InChI is InChI=1S/C30H41N3O5S2/c1-5-39-17-11-16-38-29(37)32-24(18-22-13-7-6-8-14-22)25(34)28(36)33-20-40-30(3,4)26(33)27(35)31-19-23-15-10-9-12-21(23)2/h6-10,12-15,24-26,34H,5,11,16-20H2,1-4H3,(H,31,35)(H,32,37). The second-order valence-corrected chi connectivity index (χ2v) is 13.3. The Hall–Kier alpha value is -2.69. The molecule has 0 aliphatic carbocycles. The van der Waals surface area contributed by atoms with E-state index >= 15 is 0 Å². The number of aliphatic hydroxyl groups is 1. The van der Waals surface area contributed by atoms with E-state index in [1.165, 1.54) is 16.7 Å². The zero-order valence-corrected chi connectivity index (χ0v) is 25.4. The Morgan fingerprint density at radius 2 is 1.85 bits per heavy atom. The van der Waals surface area contributed by atoms with Crippen LogP contribution in [0.4, 0.5) is 4.79 Å². The quantitative estimate of drug-likeness (QED) is 0.303. The lowest BCUT2D eigenvalue weighted by Gasteiger charge is -2.33. The van der Waals surface area contributed by atoms with Crippen molar-refractivity contribution in [2.75, 3.05) is 24.0 Å². The number of aliphatic hydroxyl groups excluding tert-OH is 1. The molecule has 8 nitrogen and oxygen atoms in total. The highest BCUT2D eigenvalue weighted by Gasteiger charge is 2.49. The lowest BCUT2D eigenvalue weighted by molar-refractivity contribution is -0.147. The molecule has 40 heavy (non-hydrogen) atoms. The lowest BCUT2D eigenvalue weighted by atomic mass is 9.97. The number of alkyl carbamates (subject to hydrolysis) is 1. The van der Waals surface area contributed by atoms with Crippen molar-refractivity contribution >= 4 is 41.4 Å². The van der Waals surface area contributed by atoms with Crippen LogP contribution in [0.15, 0.2) is 54.6 Å².